The lowest BCUT2D eigenvalue weighted by Crippen LogP contribution is -2.49. The Hall–Kier alpha value is -1.36. The standard InChI is InChI=1S/C18H33N3O2/c1-6-10-11-19-14(5)18(8-3,9-4)13-20-17(22)16-12-15(7-2)23-21-16/h12,14,19H,6-11,13H2,1-5H3,(H,20,22). The van der Waals surface area contributed by atoms with E-state index in [1.165, 1.54) is 12.8 Å². The molecule has 0 fully saturated rings. The summed E-state index contributed by atoms with van der Waals surface area (Å²) in [5, 5.41) is 10.5. The fourth-order valence-electron chi connectivity index (χ4n) is 2.91. The highest BCUT2D eigenvalue weighted by molar-refractivity contribution is 5.92. The maximum absolute atomic E-state index is 12.3. The van der Waals surface area contributed by atoms with E-state index in [0.29, 0.717) is 18.3 Å². The smallest absolute Gasteiger partial charge is 0.273 e. The molecule has 0 aliphatic heterocycles. The number of hydrogen-bond acceptors (Lipinski definition) is 4. The van der Waals surface area contributed by atoms with Crippen molar-refractivity contribution < 1.29 is 9.32 Å². The van der Waals surface area contributed by atoms with Crippen molar-refractivity contribution in [3.8, 4) is 0 Å². The topological polar surface area (TPSA) is 67.2 Å². The third kappa shape index (κ3) is 5.34. The van der Waals surface area contributed by atoms with Crippen LogP contribution in [0.2, 0.25) is 0 Å². The van der Waals surface area contributed by atoms with Crippen LogP contribution in [0.5, 0.6) is 0 Å². The second kappa shape index (κ2) is 9.71. The minimum atomic E-state index is -0.152. The first-order valence-corrected chi connectivity index (χ1v) is 9.00. The second-order valence-electron chi connectivity index (χ2n) is 6.31. The Morgan fingerprint density at radius 2 is 2.00 bits per heavy atom. The molecule has 0 spiro atoms. The monoisotopic (exact) mass is 323 g/mol. The summed E-state index contributed by atoms with van der Waals surface area (Å²) in [7, 11) is 0. The predicted octanol–water partition coefficient (Wildman–Crippen LogP) is 3.55. The molecule has 5 heteroatoms. The molecule has 0 saturated heterocycles. The molecule has 0 aromatic carbocycles. The molecule has 0 aliphatic rings. The van der Waals surface area contributed by atoms with Crippen LogP contribution in [-0.4, -0.2) is 30.2 Å². The van der Waals surface area contributed by atoms with Crippen LogP contribution in [0.4, 0.5) is 0 Å². The fourth-order valence-corrected chi connectivity index (χ4v) is 2.91. The summed E-state index contributed by atoms with van der Waals surface area (Å²) in [4.78, 5) is 12.3. The summed E-state index contributed by atoms with van der Waals surface area (Å²) in [6.07, 6.45) is 5.14. The molecule has 1 atom stereocenters. The van der Waals surface area contributed by atoms with Crippen molar-refractivity contribution in [2.45, 2.75) is 72.8 Å². The summed E-state index contributed by atoms with van der Waals surface area (Å²) in [6.45, 7) is 12.5. The minimum Gasteiger partial charge on any atom is -0.361 e. The number of rotatable bonds is 11. The van der Waals surface area contributed by atoms with Crippen LogP contribution in [0.15, 0.2) is 10.6 Å². The maximum Gasteiger partial charge on any atom is 0.273 e. The predicted molar refractivity (Wildman–Crippen MR) is 93.6 cm³/mol. The molecule has 0 saturated carbocycles. The number of carbonyl (C=O) groups excluding carboxylic acids is 1. The van der Waals surface area contributed by atoms with Crippen molar-refractivity contribution in [1.29, 1.82) is 0 Å². The van der Waals surface area contributed by atoms with Crippen molar-refractivity contribution in [3.63, 3.8) is 0 Å². The van der Waals surface area contributed by atoms with Crippen molar-refractivity contribution in [2.75, 3.05) is 13.1 Å². The van der Waals surface area contributed by atoms with Crippen molar-refractivity contribution >= 4 is 5.91 Å². The van der Waals surface area contributed by atoms with Crippen molar-refractivity contribution in [3.05, 3.63) is 17.5 Å². The third-order valence-corrected chi connectivity index (χ3v) is 5.05. The molecule has 0 bridgehead atoms. The molecule has 5 nitrogen and oxygen atoms in total. The van der Waals surface area contributed by atoms with Crippen LogP contribution >= 0.6 is 0 Å². The summed E-state index contributed by atoms with van der Waals surface area (Å²) < 4.78 is 5.11. The Kier molecular flexibility index (Phi) is 8.31. The number of unbranched alkanes of at least 4 members (excludes halogenated alkanes) is 1. The first-order valence-electron chi connectivity index (χ1n) is 9.00. The molecule has 1 aromatic heterocycles. The molecule has 132 valence electrons. The number of hydrogen-bond donors (Lipinski definition) is 2. The van der Waals surface area contributed by atoms with Crippen LogP contribution in [-0.2, 0) is 6.42 Å². The molecule has 0 aliphatic carbocycles. The normalized spacial score (nSPS) is 13.1. The number of carbonyl (C=O) groups is 1. The van der Waals surface area contributed by atoms with Crippen LogP contribution in [0, 0.1) is 5.41 Å². The molecule has 2 N–H and O–H groups in total. The Morgan fingerprint density at radius 1 is 1.30 bits per heavy atom. The van der Waals surface area contributed by atoms with Gasteiger partial charge in [-0.15, -0.1) is 0 Å². The molecule has 0 radical (unpaired) electrons. The third-order valence-electron chi connectivity index (χ3n) is 5.05. The van der Waals surface area contributed by atoms with E-state index in [4.69, 9.17) is 4.52 Å². The summed E-state index contributed by atoms with van der Waals surface area (Å²) in [5.74, 6) is 0.586. The second-order valence-corrected chi connectivity index (χ2v) is 6.31. The maximum atomic E-state index is 12.3. The molecule has 23 heavy (non-hydrogen) atoms. The SMILES string of the molecule is CCCCNC(C)C(CC)(CC)CNC(=O)c1cc(CC)on1. The summed E-state index contributed by atoms with van der Waals surface area (Å²) in [5.41, 5.74) is 0.426. The van der Waals surface area contributed by atoms with Gasteiger partial charge in [0.1, 0.15) is 5.76 Å². The van der Waals surface area contributed by atoms with E-state index < -0.39 is 0 Å². The lowest BCUT2D eigenvalue weighted by atomic mass is 9.76. The Morgan fingerprint density at radius 3 is 2.52 bits per heavy atom. The van der Waals surface area contributed by atoms with Crippen LogP contribution in [0.25, 0.3) is 0 Å². The number of aromatic nitrogens is 1. The van der Waals surface area contributed by atoms with Gasteiger partial charge in [0.25, 0.3) is 5.91 Å². The minimum absolute atomic E-state index is 0.0563. The lowest BCUT2D eigenvalue weighted by molar-refractivity contribution is 0.0897. The van der Waals surface area contributed by atoms with Gasteiger partial charge in [0, 0.05) is 30.5 Å². The molecular formula is C18H33N3O2. The van der Waals surface area contributed by atoms with E-state index in [-0.39, 0.29) is 11.3 Å². The molecule has 1 aromatic rings. The van der Waals surface area contributed by atoms with E-state index in [1.54, 1.807) is 6.07 Å². The van der Waals surface area contributed by atoms with Crippen LogP contribution in [0.3, 0.4) is 0 Å². The van der Waals surface area contributed by atoms with Gasteiger partial charge in [-0.3, -0.25) is 4.79 Å². The highest BCUT2D eigenvalue weighted by Gasteiger charge is 2.33. The average Bonchev–Trinajstić information content (AvgIpc) is 3.05. The Bertz CT molecular complexity index is 467. The summed E-state index contributed by atoms with van der Waals surface area (Å²) in [6, 6.07) is 2.07. The van der Waals surface area contributed by atoms with Crippen molar-refractivity contribution in [1.82, 2.24) is 15.8 Å². The molecule has 1 unspecified atom stereocenters. The van der Waals surface area contributed by atoms with Crippen LogP contribution in [0.1, 0.15) is 76.6 Å². The first-order chi connectivity index (χ1) is 11.0. The molecule has 1 amide bonds. The van der Waals surface area contributed by atoms with E-state index in [9.17, 15) is 4.79 Å². The van der Waals surface area contributed by atoms with Gasteiger partial charge >= 0.3 is 0 Å². The van der Waals surface area contributed by atoms with Crippen LogP contribution < -0.4 is 10.6 Å². The molecule has 1 heterocycles. The Labute approximate surface area is 140 Å². The van der Waals surface area contributed by atoms with Gasteiger partial charge in [-0.25, -0.2) is 0 Å². The summed E-state index contributed by atoms with van der Waals surface area (Å²) >= 11 is 0. The fraction of sp³-hybridized carbons (Fsp3) is 0.778. The van der Waals surface area contributed by atoms with E-state index in [0.717, 1.165) is 31.6 Å². The quantitative estimate of drug-likeness (QED) is 0.611. The number of aryl methyl sites for hydroxylation is 1. The zero-order valence-electron chi connectivity index (χ0n) is 15.4. The van der Waals surface area contributed by atoms with E-state index in [2.05, 4.69) is 43.5 Å². The molecule has 1 rings (SSSR count). The average molecular weight is 323 g/mol. The zero-order chi connectivity index (χ0) is 17.3. The number of amides is 1. The highest BCUT2D eigenvalue weighted by atomic mass is 16.5. The van der Waals surface area contributed by atoms with Gasteiger partial charge in [-0.2, -0.15) is 0 Å². The van der Waals surface area contributed by atoms with E-state index in [1.807, 2.05) is 6.92 Å². The number of nitrogens with one attached hydrogen (secondary N) is 2. The largest absolute Gasteiger partial charge is 0.361 e. The van der Waals surface area contributed by atoms with Gasteiger partial charge in [0.15, 0.2) is 5.69 Å². The lowest BCUT2D eigenvalue weighted by Gasteiger charge is -2.38. The first kappa shape index (κ1) is 19.7. The van der Waals surface area contributed by atoms with Crippen molar-refractivity contribution in [2.24, 2.45) is 5.41 Å². The van der Waals surface area contributed by atoms with E-state index >= 15 is 0 Å². The highest BCUT2D eigenvalue weighted by Crippen LogP contribution is 2.30. The van der Waals surface area contributed by atoms with Gasteiger partial charge in [0.05, 0.1) is 0 Å². The number of nitrogens with zero attached hydrogens (tertiary/aromatic N) is 1. The molecular weight excluding hydrogens is 290 g/mol. The van der Waals surface area contributed by atoms with Gasteiger partial charge in [-0.05, 0) is 32.7 Å². The van der Waals surface area contributed by atoms with Gasteiger partial charge < -0.3 is 15.2 Å². The Balaban J connectivity index is 2.65. The van der Waals surface area contributed by atoms with Gasteiger partial charge in [0.2, 0.25) is 0 Å². The van der Waals surface area contributed by atoms with Gasteiger partial charge in [-0.1, -0.05) is 39.3 Å². The zero-order valence-corrected chi connectivity index (χ0v) is 15.4.